The molecule has 1 aliphatic rings. The lowest BCUT2D eigenvalue weighted by molar-refractivity contribution is -0.122. The first-order valence-electron chi connectivity index (χ1n) is 6.70. The molecule has 3 rings (SSSR count). The van der Waals surface area contributed by atoms with Crippen LogP contribution >= 0.6 is 22.9 Å². The van der Waals surface area contributed by atoms with Crippen molar-refractivity contribution >= 4 is 45.6 Å². The van der Waals surface area contributed by atoms with Gasteiger partial charge in [0, 0.05) is 23.7 Å². The molecule has 22 heavy (non-hydrogen) atoms. The van der Waals surface area contributed by atoms with Crippen molar-refractivity contribution in [1.82, 2.24) is 10.2 Å². The summed E-state index contributed by atoms with van der Waals surface area (Å²) in [7, 11) is 0. The normalized spacial score (nSPS) is 17.8. The highest BCUT2D eigenvalue weighted by Crippen LogP contribution is 2.27. The number of anilines is 2. The maximum Gasteiger partial charge on any atom is 0.231 e. The largest absolute Gasteiger partial charge is 0.312 e. The predicted molar refractivity (Wildman–Crippen MR) is 85.2 cm³/mol. The predicted octanol–water partition coefficient (Wildman–Crippen LogP) is 2.49. The van der Waals surface area contributed by atoms with Crippen LogP contribution in [0.3, 0.4) is 0 Å². The van der Waals surface area contributed by atoms with Gasteiger partial charge in [-0.15, -0.1) is 10.2 Å². The van der Waals surface area contributed by atoms with Crippen LogP contribution in [0.2, 0.25) is 5.02 Å². The van der Waals surface area contributed by atoms with Crippen LogP contribution in [-0.4, -0.2) is 28.6 Å². The van der Waals surface area contributed by atoms with E-state index in [1.54, 1.807) is 29.2 Å². The van der Waals surface area contributed by atoms with Gasteiger partial charge in [-0.05, 0) is 31.2 Å². The number of nitrogens with zero attached hydrogens (tertiary/aromatic N) is 3. The average Bonchev–Trinajstić information content (AvgIpc) is 3.06. The second-order valence-electron chi connectivity index (χ2n) is 5.00. The van der Waals surface area contributed by atoms with Gasteiger partial charge in [0.15, 0.2) is 0 Å². The molecule has 6 nitrogen and oxygen atoms in total. The Morgan fingerprint density at radius 3 is 2.73 bits per heavy atom. The molecule has 2 aromatic rings. The number of hydrogen-bond donors (Lipinski definition) is 1. The van der Waals surface area contributed by atoms with Crippen molar-refractivity contribution in [2.45, 2.75) is 13.3 Å². The van der Waals surface area contributed by atoms with Gasteiger partial charge >= 0.3 is 0 Å². The fourth-order valence-electron chi connectivity index (χ4n) is 2.31. The van der Waals surface area contributed by atoms with Crippen molar-refractivity contribution in [1.29, 1.82) is 0 Å². The number of nitrogens with one attached hydrogen (secondary N) is 1. The second-order valence-corrected chi connectivity index (χ2v) is 6.62. The Hall–Kier alpha value is -1.99. The molecule has 8 heteroatoms. The summed E-state index contributed by atoms with van der Waals surface area (Å²) < 4.78 is 0. The van der Waals surface area contributed by atoms with E-state index in [9.17, 15) is 9.59 Å². The molecule has 0 bridgehead atoms. The second kappa shape index (κ2) is 6.02. The van der Waals surface area contributed by atoms with Crippen LogP contribution in [0.1, 0.15) is 11.4 Å². The summed E-state index contributed by atoms with van der Waals surface area (Å²) in [5, 5.41) is 12.3. The molecular weight excluding hydrogens is 324 g/mol. The summed E-state index contributed by atoms with van der Waals surface area (Å²) in [5.74, 6) is -0.677. The molecule has 1 fully saturated rings. The van der Waals surface area contributed by atoms with Crippen molar-refractivity contribution in [2.24, 2.45) is 5.92 Å². The van der Waals surface area contributed by atoms with Crippen LogP contribution in [0, 0.1) is 12.8 Å². The first kappa shape index (κ1) is 14.9. The van der Waals surface area contributed by atoms with Gasteiger partial charge in [-0.2, -0.15) is 0 Å². The fourth-order valence-corrected chi connectivity index (χ4v) is 3.03. The minimum Gasteiger partial charge on any atom is -0.312 e. The van der Waals surface area contributed by atoms with Crippen LogP contribution in [0.25, 0.3) is 0 Å². The van der Waals surface area contributed by atoms with E-state index in [0.29, 0.717) is 16.7 Å². The van der Waals surface area contributed by atoms with Crippen molar-refractivity contribution < 1.29 is 9.59 Å². The lowest BCUT2D eigenvalue weighted by Gasteiger charge is -2.16. The van der Waals surface area contributed by atoms with Gasteiger partial charge in [-0.1, -0.05) is 22.9 Å². The van der Waals surface area contributed by atoms with E-state index < -0.39 is 5.92 Å². The smallest absolute Gasteiger partial charge is 0.231 e. The van der Waals surface area contributed by atoms with Gasteiger partial charge < -0.3 is 10.2 Å². The van der Waals surface area contributed by atoms with Crippen LogP contribution in [0.4, 0.5) is 10.8 Å². The molecule has 1 aliphatic heterocycles. The summed E-state index contributed by atoms with van der Waals surface area (Å²) in [6.07, 6.45) is 0.187. The van der Waals surface area contributed by atoms with Gasteiger partial charge in [0.05, 0.1) is 5.92 Å². The first-order chi connectivity index (χ1) is 10.5. The Morgan fingerprint density at radius 2 is 2.09 bits per heavy atom. The van der Waals surface area contributed by atoms with Gasteiger partial charge in [0.2, 0.25) is 16.9 Å². The summed E-state index contributed by atoms with van der Waals surface area (Å²) in [5.41, 5.74) is 0.747. The maximum atomic E-state index is 12.2. The molecule has 0 unspecified atom stereocenters. The summed E-state index contributed by atoms with van der Waals surface area (Å²) in [4.78, 5) is 26.0. The first-order valence-corrected chi connectivity index (χ1v) is 7.89. The molecule has 114 valence electrons. The minimum atomic E-state index is -0.396. The van der Waals surface area contributed by atoms with E-state index in [2.05, 4.69) is 15.5 Å². The number of carbonyl (C=O) groups is 2. The van der Waals surface area contributed by atoms with E-state index in [0.717, 1.165) is 10.7 Å². The summed E-state index contributed by atoms with van der Waals surface area (Å²) in [6, 6.07) is 6.99. The molecule has 1 aromatic heterocycles. The molecule has 1 atom stereocenters. The quantitative estimate of drug-likeness (QED) is 0.934. The van der Waals surface area contributed by atoms with Crippen molar-refractivity contribution in [3.63, 3.8) is 0 Å². The van der Waals surface area contributed by atoms with Gasteiger partial charge in [-0.3, -0.25) is 9.59 Å². The van der Waals surface area contributed by atoms with Crippen molar-refractivity contribution in [3.05, 3.63) is 34.3 Å². The third-order valence-electron chi connectivity index (χ3n) is 3.39. The highest BCUT2D eigenvalue weighted by Gasteiger charge is 2.35. The lowest BCUT2D eigenvalue weighted by atomic mass is 10.1. The SMILES string of the molecule is Cc1nnc(NC(=O)[C@H]2CC(=O)N(c3ccc(Cl)cc3)C2)s1. The monoisotopic (exact) mass is 336 g/mol. The maximum absolute atomic E-state index is 12.2. The number of hydrogen-bond acceptors (Lipinski definition) is 5. The number of halogens is 1. The number of amides is 2. The molecule has 1 aromatic carbocycles. The molecular formula is C14H13ClN4O2S. The zero-order valence-corrected chi connectivity index (χ0v) is 13.3. The fraction of sp³-hybridized carbons (Fsp3) is 0.286. The van der Waals surface area contributed by atoms with E-state index in [1.165, 1.54) is 11.3 Å². The highest BCUT2D eigenvalue weighted by molar-refractivity contribution is 7.15. The summed E-state index contributed by atoms with van der Waals surface area (Å²) >= 11 is 7.15. The lowest BCUT2D eigenvalue weighted by Crippen LogP contribution is -2.28. The Kier molecular flexibility index (Phi) is 4.08. The zero-order chi connectivity index (χ0) is 15.7. The van der Waals surface area contributed by atoms with Crippen LogP contribution < -0.4 is 10.2 Å². The van der Waals surface area contributed by atoms with E-state index in [4.69, 9.17) is 11.6 Å². The number of aryl methyl sites for hydroxylation is 1. The highest BCUT2D eigenvalue weighted by atomic mass is 35.5. The average molecular weight is 337 g/mol. The van der Waals surface area contributed by atoms with Gasteiger partial charge in [0.25, 0.3) is 0 Å². The minimum absolute atomic E-state index is 0.0732. The van der Waals surface area contributed by atoms with Crippen LogP contribution in [0.5, 0.6) is 0 Å². The van der Waals surface area contributed by atoms with Gasteiger partial charge in [-0.25, -0.2) is 0 Å². The van der Waals surface area contributed by atoms with Crippen molar-refractivity contribution in [2.75, 3.05) is 16.8 Å². The Bertz CT molecular complexity index is 716. The Morgan fingerprint density at radius 1 is 1.36 bits per heavy atom. The Labute approximate surface area is 136 Å². The van der Waals surface area contributed by atoms with Crippen LogP contribution in [-0.2, 0) is 9.59 Å². The molecule has 0 aliphatic carbocycles. The summed E-state index contributed by atoms with van der Waals surface area (Å²) in [6.45, 7) is 2.17. The Balaban J connectivity index is 1.68. The number of aromatic nitrogens is 2. The number of rotatable bonds is 3. The molecule has 1 N–H and O–H groups in total. The number of carbonyl (C=O) groups excluding carboxylic acids is 2. The van der Waals surface area contributed by atoms with Crippen molar-refractivity contribution in [3.8, 4) is 0 Å². The third kappa shape index (κ3) is 3.10. The molecule has 2 amide bonds. The van der Waals surface area contributed by atoms with E-state index >= 15 is 0 Å². The molecule has 2 heterocycles. The topological polar surface area (TPSA) is 75.2 Å². The molecule has 1 saturated heterocycles. The molecule has 0 radical (unpaired) electrons. The van der Waals surface area contributed by atoms with Crippen LogP contribution in [0.15, 0.2) is 24.3 Å². The molecule has 0 saturated carbocycles. The zero-order valence-electron chi connectivity index (χ0n) is 11.7. The standard InChI is InChI=1S/C14H13ClN4O2S/c1-8-17-18-14(22-8)16-13(21)9-6-12(20)19(7-9)11-4-2-10(15)3-5-11/h2-5,9H,6-7H2,1H3,(H,16,18,21)/t9-/m0/s1. The van der Waals surface area contributed by atoms with Gasteiger partial charge in [0.1, 0.15) is 5.01 Å². The number of benzene rings is 1. The third-order valence-corrected chi connectivity index (χ3v) is 4.40. The van der Waals surface area contributed by atoms with E-state index in [-0.39, 0.29) is 18.2 Å². The van der Waals surface area contributed by atoms with E-state index in [1.807, 2.05) is 6.92 Å². The molecule has 0 spiro atoms.